The highest BCUT2D eigenvalue weighted by Crippen LogP contribution is 2.19. The lowest BCUT2D eigenvalue weighted by atomic mass is 10.0. The summed E-state index contributed by atoms with van der Waals surface area (Å²) in [6.07, 6.45) is 2.18. The SMILES string of the molecule is Cc1cc(S(=O)(=O)NCC2CCCNC2)c(C)o1.Cl. The molecule has 0 radical (unpaired) electrons. The Bertz CT molecular complexity index is 507. The summed E-state index contributed by atoms with van der Waals surface area (Å²) in [6, 6.07) is 1.57. The van der Waals surface area contributed by atoms with Crippen LogP contribution in [0.2, 0.25) is 0 Å². The van der Waals surface area contributed by atoms with Crippen molar-refractivity contribution >= 4 is 22.4 Å². The Labute approximate surface area is 120 Å². The second-order valence-corrected chi connectivity index (χ2v) is 6.58. The molecule has 2 heterocycles. The second-order valence-electron chi connectivity index (χ2n) is 4.84. The Morgan fingerprint density at radius 2 is 2.21 bits per heavy atom. The van der Waals surface area contributed by atoms with Crippen molar-refractivity contribution in [3.63, 3.8) is 0 Å². The molecule has 0 saturated carbocycles. The van der Waals surface area contributed by atoms with Crippen molar-refractivity contribution in [3.8, 4) is 0 Å². The van der Waals surface area contributed by atoms with Gasteiger partial charge in [-0.1, -0.05) is 0 Å². The van der Waals surface area contributed by atoms with Gasteiger partial charge >= 0.3 is 0 Å². The monoisotopic (exact) mass is 308 g/mol. The van der Waals surface area contributed by atoms with Crippen LogP contribution in [0.3, 0.4) is 0 Å². The molecule has 0 bridgehead atoms. The van der Waals surface area contributed by atoms with Gasteiger partial charge in [0.15, 0.2) is 0 Å². The Hall–Kier alpha value is -0.560. The molecule has 1 aromatic heterocycles. The Morgan fingerprint density at radius 1 is 1.47 bits per heavy atom. The van der Waals surface area contributed by atoms with Crippen LogP contribution in [0.4, 0.5) is 0 Å². The van der Waals surface area contributed by atoms with E-state index in [9.17, 15) is 8.42 Å². The predicted molar refractivity (Wildman–Crippen MR) is 76.2 cm³/mol. The number of sulfonamides is 1. The van der Waals surface area contributed by atoms with Gasteiger partial charge in [0.2, 0.25) is 10.0 Å². The van der Waals surface area contributed by atoms with Crippen molar-refractivity contribution in [1.82, 2.24) is 10.0 Å². The third-order valence-electron chi connectivity index (χ3n) is 3.25. The number of aryl methyl sites for hydroxylation is 2. The van der Waals surface area contributed by atoms with Crippen molar-refractivity contribution in [2.45, 2.75) is 31.6 Å². The maximum Gasteiger partial charge on any atom is 0.244 e. The zero-order valence-electron chi connectivity index (χ0n) is 11.2. The van der Waals surface area contributed by atoms with Crippen LogP contribution < -0.4 is 10.0 Å². The van der Waals surface area contributed by atoms with E-state index in [0.29, 0.717) is 24.0 Å². The lowest BCUT2D eigenvalue weighted by molar-refractivity contribution is 0.375. The fourth-order valence-electron chi connectivity index (χ4n) is 2.28. The van der Waals surface area contributed by atoms with E-state index in [0.717, 1.165) is 25.9 Å². The number of furan rings is 1. The minimum absolute atomic E-state index is 0. The van der Waals surface area contributed by atoms with Crippen LogP contribution in [-0.2, 0) is 10.0 Å². The van der Waals surface area contributed by atoms with E-state index in [-0.39, 0.29) is 17.3 Å². The van der Waals surface area contributed by atoms with Crippen LogP contribution in [0, 0.1) is 19.8 Å². The van der Waals surface area contributed by atoms with Crippen LogP contribution >= 0.6 is 12.4 Å². The summed E-state index contributed by atoms with van der Waals surface area (Å²) in [5, 5.41) is 3.27. The quantitative estimate of drug-likeness (QED) is 0.886. The Balaban J connectivity index is 0.00000180. The summed E-state index contributed by atoms with van der Waals surface area (Å²) in [6.45, 7) is 5.81. The van der Waals surface area contributed by atoms with Gasteiger partial charge in [-0.15, -0.1) is 12.4 Å². The summed E-state index contributed by atoms with van der Waals surface area (Å²) in [4.78, 5) is 0.253. The molecule has 0 aromatic carbocycles. The van der Waals surface area contributed by atoms with E-state index in [1.54, 1.807) is 19.9 Å². The minimum Gasteiger partial charge on any atom is -0.465 e. The first kappa shape index (κ1) is 16.5. The van der Waals surface area contributed by atoms with E-state index >= 15 is 0 Å². The molecule has 1 unspecified atom stereocenters. The van der Waals surface area contributed by atoms with Crippen LogP contribution in [0.1, 0.15) is 24.4 Å². The van der Waals surface area contributed by atoms with Gasteiger partial charge in [0, 0.05) is 6.54 Å². The number of rotatable bonds is 4. The average molecular weight is 309 g/mol. The molecule has 0 spiro atoms. The van der Waals surface area contributed by atoms with Gasteiger partial charge in [-0.25, -0.2) is 13.1 Å². The highest BCUT2D eigenvalue weighted by molar-refractivity contribution is 7.89. The van der Waals surface area contributed by atoms with E-state index < -0.39 is 10.0 Å². The first-order valence-corrected chi connectivity index (χ1v) is 7.75. The fourth-order valence-corrected chi connectivity index (χ4v) is 3.63. The van der Waals surface area contributed by atoms with E-state index in [2.05, 4.69) is 10.0 Å². The summed E-state index contributed by atoms with van der Waals surface area (Å²) in [5.74, 6) is 1.44. The van der Waals surface area contributed by atoms with Gasteiger partial charge in [-0.2, -0.15) is 0 Å². The zero-order chi connectivity index (χ0) is 13.2. The molecule has 0 amide bonds. The third kappa shape index (κ3) is 4.21. The van der Waals surface area contributed by atoms with Crippen LogP contribution in [-0.4, -0.2) is 28.1 Å². The molecular weight excluding hydrogens is 288 g/mol. The molecule has 1 saturated heterocycles. The first-order chi connectivity index (χ1) is 8.49. The Morgan fingerprint density at radius 3 is 2.74 bits per heavy atom. The van der Waals surface area contributed by atoms with Gasteiger partial charge in [0.05, 0.1) is 0 Å². The maximum atomic E-state index is 12.1. The van der Waals surface area contributed by atoms with Crippen molar-refractivity contribution < 1.29 is 12.8 Å². The van der Waals surface area contributed by atoms with Crippen molar-refractivity contribution in [2.75, 3.05) is 19.6 Å². The largest absolute Gasteiger partial charge is 0.465 e. The standard InChI is InChI=1S/C12H20N2O3S.ClH/c1-9-6-12(10(2)17-9)18(15,16)14-8-11-4-3-5-13-7-11;/h6,11,13-14H,3-5,7-8H2,1-2H3;1H. The molecule has 1 fully saturated rings. The van der Waals surface area contributed by atoms with Crippen molar-refractivity contribution in [1.29, 1.82) is 0 Å². The van der Waals surface area contributed by atoms with Gasteiger partial charge in [-0.3, -0.25) is 0 Å². The maximum absolute atomic E-state index is 12.1. The van der Waals surface area contributed by atoms with Crippen LogP contribution in [0.5, 0.6) is 0 Å². The first-order valence-electron chi connectivity index (χ1n) is 6.26. The normalized spacial score (nSPS) is 20.0. The topological polar surface area (TPSA) is 71.3 Å². The number of nitrogens with one attached hydrogen (secondary N) is 2. The van der Waals surface area contributed by atoms with E-state index in [1.165, 1.54) is 0 Å². The van der Waals surface area contributed by atoms with Crippen LogP contribution in [0.15, 0.2) is 15.4 Å². The second kappa shape index (κ2) is 6.74. The molecule has 5 nitrogen and oxygen atoms in total. The smallest absolute Gasteiger partial charge is 0.244 e. The molecule has 0 aliphatic carbocycles. The lowest BCUT2D eigenvalue weighted by Gasteiger charge is -2.22. The summed E-state index contributed by atoms with van der Waals surface area (Å²) in [5.41, 5.74) is 0. The number of piperidine rings is 1. The van der Waals surface area contributed by atoms with Crippen LogP contribution in [0.25, 0.3) is 0 Å². The van der Waals surface area contributed by atoms with Gasteiger partial charge in [-0.05, 0) is 51.8 Å². The summed E-state index contributed by atoms with van der Waals surface area (Å²) in [7, 11) is -3.44. The number of hydrogen-bond acceptors (Lipinski definition) is 4. The molecule has 2 N–H and O–H groups in total. The molecule has 1 atom stereocenters. The number of halogens is 1. The highest BCUT2D eigenvalue weighted by Gasteiger charge is 2.22. The molecule has 1 aliphatic heterocycles. The molecular formula is C12H21ClN2O3S. The lowest BCUT2D eigenvalue weighted by Crippen LogP contribution is -2.38. The highest BCUT2D eigenvalue weighted by atomic mass is 35.5. The molecule has 1 aromatic rings. The zero-order valence-corrected chi connectivity index (χ0v) is 12.9. The van der Waals surface area contributed by atoms with Crippen molar-refractivity contribution in [2.24, 2.45) is 5.92 Å². The number of hydrogen-bond donors (Lipinski definition) is 2. The van der Waals surface area contributed by atoms with Gasteiger partial charge in [0.1, 0.15) is 16.4 Å². The molecule has 7 heteroatoms. The van der Waals surface area contributed by atoms with Crippen molar-refractivity contribution in [3.05, 3.63) is 17.6 Å². The minimum atomic E-state index is -3.44. The average Bonchev–Trinajstić information content (AvgIpc) is 2.68. The molecule has 110 valence electrons. The van der Waals surface area contributed by atoms with E-state index in [1.807, 2.05) is 0 Å². The van der Waals surface area contributed by atoms with Gasteiger partial charge < -0.3 is 9.73 Å². The van der Waals surface area contributed by atoms with Gasteiger partial charge in [0.25, 0.3) is 0 Å². The Kier molecular flexibility index (Phi) is 5.85. The summed E-state index contributed by atoms with van der Waals surface area (Å²) < 4.78 is 32.2. The fraction of sp³-hybridized carbons (Fsp3) is 0.667. The summed E-state index contributed by atoms with van der Waals surface area (Å²) >= 11 is 0. The molecule has 19 heavy (non-hydrogen) atoms. The molecule has 2 rings (SSSR count). The third-order valence-corrected chi connectivity index (χ3v) is 4.78. The van der Waals surface area contributed by atoms with E-state index in [4.69, 9.17) is 4.42 Å². The predicted octanol–water partition coefficient (Wildman–Crippen LogP) is 1.60. The molecule has 1 aliphatic rings.